The van der Waals surface area contributed by atoms with Gasteiger partial charge < -0.3 is 24.8 Å². The number of likely N-dealkylation sites (tertiary alicyclic amines) is 1. The molecule has 1 aromatic heterocycles. The fraction of sp³-hybridized carbons (Fsp3) is 0.733. The number of nitrogens with zero attached hydrogens (tertiary/aromatic N) is 4. The Labute approximate surface area is 231 Å². The standard InChI is InChI=1S/C30H43N5O4/c1-29(2,3)39-28(38)32-23-14-19-12-18(19)13-21-6-7-25(35(21)26(23)36)27(37)34-17-20(15-30(34)9-10-30)22-16-31-11-8-24(22)33(4)5/h8,11,16,18-21,23,25H,6-7,9-10,12-15,17H2,1-5H3,(H,32,38)/t18-,19+,20-,21-,23+,25+/m1/s1. The lowest BCUT2D eigenvalue weighted by atomic mass is 9.95. The van der Waals surface area contributed by atoms with Crippen LogP contribution < -0.4 is 10.2 Å². The fourth-order valence-electron chi connectivity index (χ4n) is 7.58. The lowest BCUT2D eigenvalue weighted by Crippen LogP contribution is -2.58. The third-order valence-electron chi connectivity index (χ3n) is 9.66. The maximum absolute atomic E-state index is 14.3. The molecule has 9 nitrogen and oxygen atoms in total. The molecule has 3 amide bonds. The molecule has 6 rings (SSSR count). The molecule has 39 heavy (non-hydrogen) atoms. The van der Waals surface area contributed by atoms with E-state index in [-0.39, 0.29) is 29.3 Å². The Morgan fingerprint density at radius 3 is 2.56 bits per heavy atom. The van der Waals surface area contributed by atoms with E-state index in [1.807, 2.05) is 58.2 Å². The Balaban J connectivity index is 1.22. The van der Waals surface area contributed by atoms with Crippen molar-refractivity contribution in [2.75, 3.05) is 25.5 Å². The van der Waals surface area contributed by atoms with E-state index in [1.54, 1.807) is 0 Å². The molecular weight excluding hydrogens is 494 g/mol. The quantitative estimate of drug-likeness (QED) is 0.630. The zero-order valence-corrected chi connectivity index (χ0v) is 24.0. The molecule has 1 spiro atoms. The van der Waals surface area contributed by atoms with Crippen LogP contribution in [0.3, 0.4) is 0 Å². The maximum atomic E-state index is 14.3. The van der Waals surface area contributed by atoms with E-state index in [0.717, 1.165) is 44.2 Å². The normalized spacial score (nSPS) is 32.7. The molecule has 5 aliphatic rings. The second-order valence-corrected chi connectivity index (χ2v) is 13.8. The molecular formula is C30H43N5O4. The Hall–Kier alpha value is -2.84. The number of carbonyl (C=O) groups excluding carboxylic acids is 3. The number of amides is 3. The second-order valence-electron chi connectivity index (χ2n) is 13.8. The van der Waals surface area contributed by atoms with E-state index >= 15 is 0 Å². The predicted molar refractivity (Wildman–Crippen MR) is 147 cm³/mol. The van der Waals surface area contributed by atoms with E-state index in [4.69, 9.17) is 4.74 Å². The van der Waals surface area contributed by atoms with Gasteiger partial charge in [-0.25, -0.2) is 4.79 Å². The van der Waals surface area contributed by atoms with Crippen molar-refractivity contribution in [3.05, 3.63) is 24.0 Å². The molecule has 0 bridgehead atoms. The van der Waals surface area contributed by atoms with Gasteiger partial charge in [0.25, 0.3) is 0 Å². The molecule has 0 radical (unpaired) electrons. The predicted octanol–water partition coefficient (Wildman–Crippen LogP) is 3.68. The summed E-state index contributed by atoms with van der Waals surface area (Å²) < 4.78 is 5.49. The van der Waals surface area contributed by atoms with Crippen LogP contribution in [0.5, 0.6) is 0 Å². The van der Waals surface area contributed by atoms with Crippen molar-refractivity contribution in [2.45, 2.75) is 107 Å². The molecule has 0 aromatic carbocycles. The fourth-order valence-corrected chi connectivity index (χ4v) is 7.58. The van der Waals surface area contributed by atoms with Crippen molar-refractivity contribution in [3.63, 3.8) is 0 Å². The summed E-state index contributed by atoms with van der Waals surface area (Å²) in [6, 6.07) is 1.00. The van der Waals surface area contributed by atoms with Gasteiger partial charge in [-0.3, -0.25) is 14.6 Å². The summed E-state index contributed by atoms with van der Waals surface area (Å²) in [6.45, 7) is 6.12. The molecule has 212 valence electrons. The van der Waals surface area contributed by atoms with E-state index in [1.165, 1.54) is 5.56 Å². The van der Waals surface area contributed by atoms with Gasteiger partial charge in [0, 0.05) is 56.2 Å². The van der Waals surface area contributed by atoms with E-state index < -0.39 is 23.8 Å². The van der Waals surface area contributed by atoms with Gasteiger partial charge >= 0.3 is 6.09 Å². The van der Waals surface area contributed by atoms with Crippen LogP contribution in [0.4, 0.5) is 10.5 Å². The average molecular weight is 538 g/mol. The maximum Gasteiger partial charge on any atom is 0.408 e. The van der Waals surface area contributed by atoms with Gasteiger partial charge in [-0.2, -0.15) is 0 Å². The minimum absolute atomic E-state index is 0.0666. The van der Waals surface area contributed by atoms with Crippen molar-refractivity contribution in [2.24, 2.45) is 11.8 Å². The molecule has 0 unspecified atom stereocenters. The zero-order valence-electron chi connectivity index (χ0n) is 24.0. The third kappa shape index (κ3) is 4.97. The number of hydrogen-bond donors (Lipinski definition) is 1. The highest BCUT2D eigenvalue weighted by Crippen LogP contribution is 2.56. The summed E-state index contributed by atoms with van der Waals surface area (Å²) in [5.74, 6) is 1.24. The number of ether oxygens (including phenoxy) is 1. The van der Waals surface area contributed by atoms with Gasteiger partial charge in [-0.05, 0) is 95.6 Å². The van der Waals surface area contributed by atoms with Gasteiger partial charge in [-0.15, -0.1) is 0 Å². The first kappa shape index (κ1) is 26.4. The van der Waals surface area contributed by atoms with Crippen LogP contribution >= 0.6 is 0 Å². The highest BCUT2D eigenvalue weighted by Gasteiger charge is 2.59. The summed E-state index contributed by atoms with van der Waals surface area (Å²) in [7, 11) is 4.09. The largest absolute Gasteiger partial charge is 0.444 e. The monoisotopic (exact) mass is 537 g/mol. The number of hydrogen-bond acceptors (Lipinski definition) is 6. The van der Waals surface area contributed by atoms with Gasteiger partial charge in [0.15, 0.2) is 0 Å². The first-order chi connectivity index (χ1) is 18.5. The number of rotatable bonds is 4. The minimum atomic E-state index is -0.648. The number of pyridine rings is 1. The number of carbonyl (C=O) groups is 3. The van der Waals surface area contributed by atoms with Crippen LogP contribution in [0, 0.1) is 11.8 Å². The van der Waals surface area contributed by atoms with Gasteiger partial charge in [0.05, 0.1) is 0 Å². The summed E-state index contributed by atoms with van der Waals surface area (Å²) in [6.07, 6.45) is 10.4. The lowest BCUT2D eigenvalue weighted by molar-refractivity contribution is -0.148. The summed E-state index contributed by atoms with van der Waals surface area (Å²) in [5, 5.41) is 2.88. The van der Waals surface area contributed by atoms with Gasteiger partial charge in [0.1, 0.15) is 17.7 Å². The Morgan fingerprint density at radius 2 is 1.87 bits per heavy atom. The van der Waals surface area contributed by atoms with Crippen molar-refractivity contribution >= 4 is 23.6 Å². The highest BCUT2D eigenvalue weighted by atomic mass is 16.6. The molecule has 2 saturated carbocycles. The smallest absolute Gasteiger partial charge is 0.408 e. The molecule has 3 aliphatic heterocycles. The van der Waals surface area contributed by atoms with Crippen LogP contribution in [0.1, 0.15) is 83.6 Å². The van der Waals surface area contributed by atoms with E-state index in [9.17, 15) is 14.4 Å². The highest BCUT2D eigenvalue weighted by molar-refractivity contribution is 5.93. The number of anilines is 1. The van der Waals surface area contributed by atoms with Crippen LogP contribution in [-0.4, -0.2) is 82.6 Å². The topological polar surface area (TPSA) is 95.1 Å². The van der Waals surface area contributed by atoms with Crippen molar-refractivity contribution in [1.29, 1.82) is 0 Å². The lowest BCUT2D eigenvalue weighted by Gasteiger charge is -2.37. The molecule has 1 N–H and O–H groups in total. The third-order valence-corrected chi connectivity index (χ3v) is 9.66. The first-order valence-corrected chi connectivity index (χ1v) is 14.7. The van der Waals surface area contributed by atoms with Gasteiger partial charge in [0.2, 0.25) is 11.8 Å². The second kappa shape index (κ2) is 9.37. The first-order valence-electron chi connectivity index (χ1n) is 14.7. The summed E-state index contributed by atoms with van der Waals surface area (Å²) >= 11 is 0. The summed E-state index contributed by atoms with van der Waals surface area (Å²) in [4.78, 5) is 51.5. The van der Waals surface area contributed by atoms with Crippen LogP contribution in [0.15, 0.2) is 18.5 Å². The molecule has 9 heteroatoms. The SMILES string of the molecule is CN(C)c1ccncc1[C@H]1CN(C(=O)[C@@H]2CC[C@@H]3C[C@H]4C[C@H]4C[C@H](NC(=O)OC(C)(C)C)C(=O)N32)C2(CC2)C1. The van der Waals surface area contributed by atoms with Crippen molar-refractivity contribution < 1.29 is 19.1 Å². The van der Waals surface area contributed by atoms with Crippen LogP contribution in [0.25, 0.3) is 0 Å². The van der Waals surface area contributed by atoms with Crippen molar-refractivity contribution in [3.8, 4) is 0 Å². The average Bonchev–Trinajstić information content (AvgIpc) is 3.69. The number of fused-ring (bicyclic) bond motifs is 2. The van der Waals surface area contributed by atoms with E-state index in [2.05, 4.69) is 20.1 Å². The molecule has 6 atom stereocenters. The molecule has 1 aromatic rings. The van der Waals surface area contributed by atoms with E-state index in [0.29, 0.717) is 31.2 Å². The number of alkyl carbamates (subject to hydrolysis) is 1. The molecule has 5 fully saturated rings. The van der Waals surface area contributed by atoms with Crippen LogP contribution in [0.2, 0.25) is 0 Å². The summed E-state index contributed by atoms with van der Waals surface area (Å²) in [5.41, 5.74) is 1.60. The van der Waals surface area contributed by atoms with Crippen LogP contribution in [-0.2, 0) is 14.3 Å². The van der Waals surface area contributed by atoms with Crippen molar-refractivity contribution in [1.82, 2.24) is 20.1 Å². The Bertz CT molecular complexity index is 1160. The zero-order chi connectivity index (χ0) is 27.7. The Morgan fingerprint density at radius 1 is 1.13 bits per heavy atom. The minimum Gasteiger partial charge on any atom is -0.444 e. The molecule has 3 saturated heterocycles. The number of aromatic nitrogens is 1. The Kier molecular flexibility index (Phi) is 6.34. The van der Waals surface area contributed by atoms with Gasteiger partial charge in [-0.1, -0.05) is 0 Å². The number of nitrogens with one attached hydrogen (secondary N) is 1. The molecule has 4 heterocycles. The molecule has 2 aliphatic carbocycles.